The zero-order valence-corrected chi connectivity index (χ0v) is 25.6. The van der Waals surface area contributed by atoms with E-state index in [9.17, 15) is 18.0 Å². The molecule has 39 heavy (non-hydrogen) atoms. The normalized spacial score (nSPS) is 12.9. The van der Waals surface area contributed by atoms with Crippen LogP contribution in [0.4, 0.5) is 5.69 Å². The maximum Gasteiger partial charge on any atom is 0.264 e. The Morgan fingerprint density at radius 1 is 1.00 bits per heavy atom. The molecule has 10 heteroatoms. The summed E-state index contributed by atoms with van der Waals surface area (Å²) in [6.45, 7) is 6.94. The highest BCUT2D eigenvalue weighted by Crippen LogP contribution is 2.27. The number of hydrogen-bond donors (Lipinski definition) is 1. The van der Waals surface area contributed by atoms with Crippen LogP contribution in [0.3, 0.4) is 0 Å². The third kappa shape index (κ3) is 8.06. The van der Waals surface area contributed by atoms with Crippen LogP contribution < -0.4 is 9.62 Å². The number of carbonyl (C=O) groups is 2. The molecule has 0 aliphatic rings. The van der Waals surface area contributed by atoms with Gasteiger partial charge < -0.3 is 10.2 Å². The highest BCUT2D eigenvalue weighted by atomic mass is 79.9. The third-order valence-corrected chi connectivity index (χ3v) is 8.91. The smallest absolute Gasteiger partial charge is 0.264 e. The van der Waals surface area contributed by atoms with Crippen molar-refractivity contribution >= 4 is 55.1 Å². The van der Waals surface area contributed by atoms with Crippen LogP contribution in [0, 0.1) is 6.92 Å². The van der Waals surface area contributed by atoms with Gasteiger partial charge in [-0.2, -0.15) is 0 Å². The number of nitrogens with one attached hydrogen (secondary N) is 1. The van der Waals surface area contributed by atoms with Crippen molar-refractivity contribution in [3.8, 4) is 0 Å². The molecule has 0 saturated heterocycles. The summed E-state index contributed by atoms with van der Waals surface area (Å²) in [4.78, 5) is 28.5. The number of hydrogen-bond acceptors (Lipinski definition) is 4. The molecule has 0 spiro atoms. The van der Waals surface area contributed by atoms with Crippen molar-refractivity contribution in [2.24, 2.45) is 0 Å². The molecule has 0 heterocycles. The summed E-state index contributed by atoms with van der Waals surface area (Å²) in [5.74, 6) is -0.846. The zero-order chi connectivity index (χ0) is 28.7. The Kier molecular flexibility index (Phi) is 10.6. The van der Waals surface area contributed by atoms with Gasteiger partial charge in [0.25, 0.3) is 10.0 Å². The summed E-state index contributed by atoms with van der Waals surface area (Å²) in [6.07, 6.45) is 0.732. The van der Waals surface area contributed by atoms with Gasteiger partial charge in [-0.25, -0.2) is 8.42 Å². The minimum atomic E-state index is -4.15. The standard InChI is InChI=1S/C29H33BrClN3O4S/c1-5-21(3)32-29(36)22(4)33(18-23-8-6-9-24(30)16-23)28(35)19-34(26-11-7-10-25(31)17-26)39(37,38)27-14-12-20(2)13-15-27/h6-17,21-22H,5,18-19H2,1-4H3,(H,32,36)/t21-,22+/m1/s1. The number of halogens is 2. The molecule has 0 aliphatic heterocycles. The topological polar surface area (TPSA) is 86.8 Å². The molecule has 3 rings (SSSR count). The van der Waals surface area contributed by atoms with Gasteiger partial charge in [0.2, 0.25) is 11.8 Å². The van der Waals surface area contributed by atoms with Gasteiger partial charge in [0, 0.05) is 22.1 Å². The monoisotopic (exact) mass is 633 g/mol. The molecule has 3 aromatic carbocycles. The van der Waals surface area contributed by atoms with Gasteiger partial charge in [-0.3, -0.25) is 13.9 Å². The van der Waals surface area contributed by atoms with Gasteiger partial charge >= 0.3 is 0 Å². The molecule has 7 nitrogen and oxygen atoms in total. The number of nitrogens with zero attached hydrogens (tertiary/aromatic N) is 2. The van der Waals surface area contributed by atoms with E-state index >= 15 is 0 Å². The van der Waals surface area contributed by atoms with Crippen molar-refractivity contribution in [2.75, 3.05) is 10.8 Å². The van der Waals surface area contributed by atoms with Crippen LogP contribution in [0.5, 0.6) is 0 Å². The van der Waals surface area contributed by atoms with E-state index in [1.54, 1.807) is 37.3 Å². The van der Waals surface area contributed by atoms with E-state index in [2.05, 4.69) is 21.2 Å². The van der Waals surface area contributed by atoms with Crippen molar-refractivity contribution in [1.29, 1.82) is 0 Å². The Morgan fingerprint density at radius 2 is 1.67 bits per heavy atom. The Labute approximate surface area is 244 Å². The fourth-order valence-electron chi connectivity index (χ4n) is 3.88. The minimum absolute atomic E-state index is 0.0435. The SMILES string of the molecule is CC[C@@H](C)NC(=O)[C@H](C)N(Cc1cccc(Br)c1)C(=O)CN(c1cccc(Cl)c1)S(=O)(=O)c1ccc(C)cc1. The quantitative estimate of drug-likeness (QED) is 0.283. The molecular weight excluding hydrogens is 602 g/mol. The predicted octanol–water partition coefficient (Wildman–Crippen LogP) is 5.94. The first-order valence-corrected chi connectivity index (χ1v) is 15.2. The van der Waals surface area contributed by atoms with Crippen LogP contribution in [0.15, 0.2) is 82.2 Å². The largest absolute Gasteiger partial charge is 0.352 e. The van der Waals surface area contributed by atoms with Crippen molar-refractivity contribution < 1.29 is 18.0 Å². The average Bonchev–Trinajstić information content (AvgIpc) is 2.89. The van der Waals surface area contributed by atoms with E-state index in [0.717, 1.165) is 26.3 Å². The second-order valence-corrected chi connectivity index (χ2v) is 12.7. The predicted molar refractivity (Wildman–Crippen MR) is 159 cm³/mol. The molecule has 1 N–H and O–H groups in total. The van der Waals surface area contributed by atoms with Gasteiger partial charge in [0.15, 0.2) is 0 Å². The molecule has 0 bridgehead atoms. The Morgan fingerprint density at radius 3 is 2.28 bits per heavy atom. The van der Waals surface area contributed by atoms with Gasteiger partial charge in [-0.1, -0.05) is 70.3 Å². The molecule has 0 unspecified atom stereocenters. The lowest BCUT2D eigenvalue weighted by molar-refractivity contribution is -0.139. The lowest BCUT2D eigenvalue weighted by Crippen LogP contribution is -2.52. The van der Waals surface area contributed by atoms with Crippen LogP contribution in [0.1, 0.15) is 38.3 Å². The van der Waals surface area contributed by atoms with E-state index in [4.69, 9.17) is 11.6 Å². The molecule has 0 aliphatic carbocycles. The van der Waals surface area contributed by atoms with Crippen molar-refractivity contribution in [3.63, 3.8) is 0 Å². The number of rotatable bonds is 11. The van der Waals surface area contributed by atoms with E-state index in [-0.39, 0.29) is 29.1 Å². The maximum absolute atomic E-state index is 13.9. The Bertz CT molecular complexity index is 1420. The third-order valence-electron chi connectivity index (χ3n) is 6.39. The second kappa shape index (κ2) is 13.5. The van der Waals surface area contributed by atoms with Gasteiger partial charge in [-0.15, -0.1) is 0 Å². The fourth-order valence-corrected chi connectivity index (χ4v) is 5.91. The fraction of sp³-hybridized carbons (Fsp3) is 0.310. The lowest BCUT2D eigenvalue weighted by Gasteiger charge is -2.32. The number of sulfonamides is 1. The Balaban J connectivity index is 2.03. The van der Waals surface area contributed by atoms with Crippen LogP contribution in [-0.2, 0) is 26.2 Å². The summed E-state index contributed by atoms with van der Waals surface area (Å²) in [6, 6.07) is 19.2. The van der Waals surface area contributed by atoms with Crippen LogP contribution >= 0.6 is 27.5 Å². The van der Waals surface area contributed by atoms with Gasteiger partial charge in [0.05, 0.1) is 10.6 Å². The van der Waals surface area contributed by atoms with E-state index in [1.165, 1.54) is 23.1 Å². The first-order chi connectivity index (χ1) is 18.4. The summed E-state index contributed by atoms with van der Waals surface area (Å²) >= 11 is 9.66. The first kappa shape index (κ1) is 30.7. The summed E-state index contributed by atoms with van der Waals surface area (Å²) in [7, 11) is -4.15. The zero-order valence-electron chi connectivity index (χ0n) is 22.4. The molecule has 2 amide bonds. The van der Waals surface area contributed by atoms with Crippen LogP contribution in [0.2, 0.25) is 5.02 Å². The Hall–Kier alpha value is -2.88. The number of benzene rings is 3. The van der Waals surface area contributed by atoms with Crippen molar-refractivity contribution in [3.05, 3.63) is 93.4 Å². The van der Waals surface area contributed by atoms with Crippen molar-refractivity contribution in [2.45, 2.75) is 57.6 Å². The van der Waals surface area contributed by atoms with E-state index in [0.29, 0.717) is 5.02 Å². The van der Waals surface area contributed by atoms with E-state index < -0.39 is 28.5 Å². The van der Waals surface area contributed by atoms with Gasteiger partial charge in [-0.05, 0) is 75.2 Å². The molecule has 2 atom stereocenters. The highest BCUT2D eigenvalue weighted by Gasteiger charge is 2.33. The summed E-state index contributed by atoms with van der Waals surface area (Å²) in [5.41, 5.74) is 1.94. The molecule has 0 saturated carbocycles. The lowest BCUT2D eigenvalue weighted by atomic mass is 10.1. The van der Waals surface area contributed by atoms with Crippen molar-refractivity contribution in [1.82, 2.24) is 10.2 Å². The molecule has 0 radical (unpaired) electrons. The minimum Gasteiger partial charge on any atom is -0.352 e. The highest BCUT2D eigenvalue weighted by molar-refractivity contribution is 9.10. The summed E-state index contributed by atoms with van der Waals surface area (Å²) in [5, 5.41) is 3.25. The number of aryl methyl sites for hydroxylation is 1. The summed E-state index contributed by atoms with van der Waals surface area (Å²) < 4.78 is 29.5. The molecule has 0 aromatic heterocycles. The molecule has 3 aromatic rings. The number of carbonyl (C=O) groups excluding carboxylic acids is 2. The van der Waals surface area contributed by atoms with Gasteiger partial charge in [0.1, 0.15) is 12.6 Å². The molecule has 0 fully saturated rings. The van der Waals surface area contributed by atoms with Crippen LogP contribution in [0.25, 0.3) is 0 Å². The number of amides is 2. The maximum atomic E-state index is 13.9. The first-order valence-electron chi connectivity index (χ1n) is 12.6. The second-order valence-electron chi connectivity index (χ2n) is 9.45. The average molecular weight is 635 g/mol. The number of anilines is 1. The molecular formula is C29H33BrClN3O4S. The van der Waals surface area contributed by atoms with E-state index in [1.807, 2.05) is 45.0 Å². The molecule has 208 valence electrons. The van der Waals surface area contributed by atoms with Crippen LogP contribution in [-0.4, -0.2) is 43.8 Å².